The highest BCUT2D eigenvalue weighted by Gasteiger charge is 2.05. The van der Waals surface area contributed by atoms with Crippen molar-refractivity contribution in [1.29, 1.82) is 0 Å². The van der Waals surface area contributed by atoms with E-state index in [0.29, 0.717) is 11.6 Å². The Morgan fingerprint density at radius 3 is 3.00 bits per heavy atom. The van der Waals surface area contributed by atoms with Crippen LogP contribution in [0.5, 0.6) is 0 Å². The average molecular weight is 258 g/mol. The van der Waals surface area contributed by atoms with Crippen molar-refractivity contribution in [1.82, 2.24) is 19.9 Å². The summed E-state index contributed by atoms with van der Waals surface area (Å²) in [5, 5.41) is 12.1. The van der Waals surface area contributed by atoms with E-state index in [0.717, 1.165) is 24.3 Å². The lowest BCUT2D eigenvalue weighted by atomic mass is 10.1. The number of rotatable bonds is 5. The molecule has 3 N–H and O–H groups in total. The molecular weight excluding hydrogens is 242 g/mol. The molecule has 0 aliphatic heterocycles. The lowest BCUT2D eigenvalue weighted by Gasteiger charge is -2.09. The number of hydrogen-bond acceptors (Lipinski definition) is 5. The largest absolute Gasteiger partial charge is 0.396 e. The van der Waals surface area contributed by atoms with Gasteiger partial charge in [-0.3, -0.25) is 0 Å². The Balaban J connectivity index is 0.00000144. The van der Waals surface area contributed by atoms with E-state index in [1.165, 1.54) is 6.33 Å². The Morgan fingerprint density at radius 1 is 1.41 bits per heavy atom. The second-order valence-electron chi connectivity index (χ2n) is 3.83. The van der Waals surface area contributed by atoms with Crippen LogP contribution in [0.2, 0.25) is 0 Å². The van der Waals surface area contributed by atoms with E-state index >= 15 is 0 Å². The summed E-state index contributed by atoms with van der Waals surface area (Å²) in [6.07, 6.45) is 3.98. The van der Waals surface area contributed by atoms with Crippen molar-refractivity contribution < 1.29 is 5.11 Å². The van der Waals surface area contributed by atoms with Gasteiger partial charge in [-0.15, -0.1) is 12.4 Å². The summed E-state index contributed by atoms with van der Waals surface area (Å²) >= 11 is 0. The Bertz CT molecular complexity index is 461. The first-order valence-corrected chi connectivity index (χ1v) is 5.30. The number of fused-ring (bicyclic) bond motifs is 1. The van der Waals surface area contributed by atoms with Gasteiger partial charge in [0.25, 0.3) is 0 Å². The first-order chi connectivity index (χ1) is 7.81. The van der Waals surface area contributed by atoms with Crippen molar-refractivity contribution in [2.24, 2.45) is 5.92 Å². The fourth-order valence-electron chi connectivity index (χ4n) is 1.43. The predicted molar refractivity (Wildman–Crippen MR) is 68.3 cm³/mol. The van der Waals surface area contributed by atoms with Crippen molar-refractivity contribution in [3.63, 3.8) is 0 Å². The number of nitrogens with one attached hydrogen (secondary N) is 2. The Hall–Kier alpha value is -1.40. The average Bonchev–Trinajstić information content (AvgIpc) is 2.77. The maximum atomic E-state index is 8.90. The SMILES string of the molecule is CC(CO)CCNc1ncnc2nc[nH]c12.Cl. The molecule has 0 aromatic carbocycles. The second-order valence-corrected chi connectivity index (χ2v) is 3.83. The zero-order chi connectivity index (χ0) is 11.4. The van der Waals surface area contributed by atoms with Gasteiger partial charge in [0.05, 0.1) is 6.33 Å². The zero-order valence-corrected chi connectivity index (χ0v) is 10.4. The molecule has 0 saturated carbocycles. The van der Waals surface area contributed by atoms with Gasteiger partial charge in [0.15, 0.2) is 11.5 Å². The summed E-state index contributed by atoms with van der Waals surface area (Å²) in [4.78, 5) is 15.2. The number of hydrogen-bond donors (Lipinski definition) is 3. The topological polar surface area (TPSA) is 86.7 Å². The van der Waals surface area contributed by atoms with Crippen LogP contribution in [0.15, 0.2) is 12.7 Å². The molecule has 2 rings (SSSR count). The number of imidazole rings is 1. The maximum absolute atomic E-state index is 8.90. The summed E-state index contributed by atoms with van der Waals surface area (Å²) in [6, 6.07) is 0. The van der Waals surface area contributed by atoms with Crippen LogP contribution in [-0.4, -0.2) is 38.2 Å². The minimum Gasteiger partial charge on any atom is -0.396 e. The summed E-state index contributed by atoms with van der Waals surface area (Å²) in [5.74, 6) is 1.05. The summed E-state index contributed by atoms with van der Waals surface area (Å²) < 4.78 is 0. The molecule has 0 aliphatic carbocycles. The molecular formula is C10H16ClN5O. The first-order valence-electron chi connectivity index (χ1n) is 5.30. The van der Waals surface area contributed by atoms with Crippen LogP contribution in [-0.2, 0) is 0 Å². The normalized spacial score (nSPS) is 12.1. The number of aromatic nitrogens is 4. The summed E-state index contributed by atoms with van der Waals surface area (Å²) in [5.41, 5.74) is 1.48. The van der Waals surface area contributed by atoms with Crippen LogP contribution < -0.4 is 5.32 Å². The highest BCUT2D eigenvalue weighted by atomic mass is 35.5. The van der Waals surface area contributed by atoms with Crippen molar-refractivity contribution >= 4 is 29.4 Å². The smallest absolute Gasteiger partial charge is 0.182 e. The number of halogens is 1. The molecule has 1 unspecified atom stereocenters. The molecule has 94 valence electrons. The highest BCUT2D eigenvalue weighted by Crippen LogP contribution is 2.14. The molecule has 2 aromatic heterocycles. The van der Waals surface area contributed by atoms with E-state index in [1.54, 1.807) is 6.33 Å². The van der Waals surface area contributed by atoms with Gasteiger partial charge in [0, 0.05) is 13.2 Å². The van der Waals surface area contributed by atoms with Gasteiger partial charge >= 0.3 is 0 Å². The maximum Gasteiger partial charge on any atom is 0.182 e. The second kappa shape index (κ2) is 6.36. The predicted octanol–water partition coefficient (Wildman–Crippen LogP) is 1.21. The van der Waals surface area contributed by atoms with Crippen LogP contribution in [0.25, 0.3) is 11.2 Å². The van der Waals surface area contributed by atoms with Gasteiger partial charge in [-0.05, 0) is 12.3 Å². The van der Waals surface area contributed by atoms with Gasteiger partial charge in [0.2, 0.25) is 0 Å². The van der Waals surface area contributed by atoms with Crippen molar-refractivity contribution in [2.45, 2.75) is 13.3 Å². The van der Waals surface area contributed by atoms with Crippen LogP contribution in [0.3, 0.4) is 0 Å². The molecule has 0 aliphatic rings. The van der Waals surface area contributed by atoms with Crippen LogP contribution in [0.4, 0.5) is 5.82 Å². The zero-order valence-electron chi connectivity index (χ0n) is 9.55. The van der Waals surface area contributed by atoms with Crippen LogP contribution in [0, 0.1) is 5.92 Å². The number of aliphatic hydroxyl groups is 1. The van der Waals surface area contributed by atoms with Crippen LogP contribution in [0.1, 0.15) is 13.3 Å². The molecule has 0 spiro atoms. The number of aliphatic hydroxyl groups excluding tert-OH is 1. The number of aromatic amines is 1. The van der Waals surface area contributed by atoms with Gasteiger partial charge in [0.1, 0.15) is 11.8 Å². The lowest BCUT2D eigenvalue weighted by molar-refractivity contribution is 0.233. The standard InChI is InChI=1S/C10H15N5O.ClH/c1-7(4-16)2-3-11-9-8-10(13-5-12-8)15-6-14-9;/h5-7,16H,2-4H2,1H3,(H2,11,12,13,14,15);1H. The lowest BCUT2D eigenvalue weighted by Crippen LogP contribution is -2.10. The van der Waals surface area contributed by atoms with Crippen molar-refractivity contribution in [3.8, 4) is 0 Å². The quantitative estimate of drug-likeness (QED) is 0.749. The van der Waals surface area contributed by atoms with E-state index in [9.17, 15) is 0 Å². The molecule has 6 nitrogen and oxygen atoms in total. The molecule has 2 aromatic rings. The Kier molecular flexibility index (Phi) is 5.11. The van der Waals surface area contributed by atoms with Crippen molar-refractivity contribution in [2.75, 3.05) is 18.5 Å². The summed E-state index contributed by atoms with van der Waals surface area (Å²) in [6.45, 7) is 2.99. The van der Waals surface area contributed by atoms with Gasteiger partial charge < -0.3 is 15.4 Å². The summed E-state index contributed by atoms with van der Waals surface area (Å²) in [7, 11) is 0. The van der Waals surface area contributed by atoms with E-state index in [2.05, 4.69) is 25.3 Å². The third-order valence-corrected chi connectivity index (χ3v) is 2.46. The Labute approximate surface area is 105 Å². The molecule has 7 heteroatoms. The number of nitrogens with zero attached hydrogens (tertiary/aromatic N) is 3. The number of anilines is 1. The number of H-pyrrole nitrogens is 1. The molecule has 2 heterocycles. The molecule has 0 saturated heterocycles. The fraction of sp³-hybridized carbons (Fsp3) is 0.500. The molecule has 17 heavy (non-hydrogen) atoms. The van der Waals surface area contributed by atoms with E-state index in [4.69, 9.17) is 5.11 Å². The van der Waals surface area contributed by atoms with Gasteiger partial charge in [-0.25, -0.2) is 15.0 Å². The van der Waals surface area contributed by atoms with E-state index in [1.807, 2.05) is 6.92 Å². The van der Waals surface area contributed by atoms with Gasteiger partial charge in [-0.2, -0.15) is 0 Å². The molecule has 0 radical (unpaired) electrons. The van der Waals surface area contributed by atoms with E-state index in [-0.39, 0.29) is 19.0 Å². The van der Waals surface area contributed by atoms with Gasteiger partial charge in [-0.1, -0.05) is 6.92 Å². The Morgan fingerprint density at radius 2 is 2.24 bits per heavy atom. The van der Waals surface area contributed by atoms with Crippen LogP contribution >= 0.6 is 12.4 Å². The third-order valence-electron chi connectivity index (χ3n) is 2.46. The molecule has 0 fully saturated rings. The molecule has 0 amide bonds. The highest BCUT2D eigenvalue weighted by molar-refractivity contribution is 5.85. The minimum atomic E-state index is 0. The van der Waals surface area contributed by atoms with Crippen molar-refractivity contribution in [3.05, 3.63) is 12.7 Å². The van der Waals surface area contributed by atoms with E-state index < -0.39 is 0 Å². The fourth-order valence-corrected chi connectivity index (χ4v) is 1.43. The minimum absolute atomic E-state index is 0. The third kappa shape index (κ3) is 3.28. The molecule has 0 bridgehead atoms. The first kappa shape index (κ1) is 13.7. The molecule has 1 atom stereocenters. The monoisotopic (exact) mass is 257 g/mol.